The molecule has 0 saturated heterocycles. The average Bonchev–Trinajstić information content (AvgIpc) is 3.85. The van der Waals surface area contributed by atoms with Crippen molar-refractivity contribution in [2.45, 2.75) is 12.3 Å². The smallest absolute Gasteiger partial charge is 0.0547 e. The van der Waals surface area contributed by atoms with Crippen LogP contribution in [0.25, 0.3) is 72.0 Å². The molecule has 51 heavy (non-hydrogen) atoms. The molecule has 1 heterocycles. The van der Waals surface area contributed by atoms with Crippen LogP contribution in [0.4, 0.5) is 0 Å². The molecular formula is C50H33N. The highest BCUT2D eigenvalue weighted by Crippen LogP contribution is 2.49. The van der Waals surface area contributed by atoms with Gasteiger partial charge in [0, 0.05) is 22.4 Å². The van der Waals surface area contributed by atoms with Crippen molar-refractivity contribution in [1.29, 1.82) is 0 Å². The fourth-order valence-corrected chi connectivity index (χ4v) is 9.04. The Labute approximate surface area is 297 Å². The molecule has 0 amide bonds. The highest BCUT2D eigenvalue weighted by atomic mass is 15.0. The van der Waals surface area contributed by atoms with Gasteiger partial charge in [-0.25, -0.2) is 0 Å². The lowest BCUT2D eigenvalue weighted by Gasteiger charge is -2.15. The molecule has 1 heteroatoms. The van der Waals surface area contributed by atoms with Crippen molar-refractivity contribution in [1.82, 2.24) is 4.57 Å². The number of hydrogen-bond donors (Lipinski definition) is 0. The van der Waals surface area contributed by atoms with Crippen LogP contribution in [-0.2, 0) is 6.42 Å². The molecule has 0 fully saturated rings. The molecule has 1 unspecified atom stereocenters. The quantitative estimate of drug-likeness (QED) is 0.179. The number of nitrogens with zero attached hydrogens (tertiary/aromatic N) is 1. The Morgan fingerprint density at radius 2 is 1.04 bits per heavy atom. The summed E-state index contributed by atoms with van der Waals surface area (Å²) in [6.45, 7) is 0. The van der Waals surface area contributed by atoms with E-state index < -0.39 is 0 Å². The number of benzene rings is 8. The molecule has 0 saturated carbocycles. The van der Waals surface area contributed by atoms with Gasteiger partial charge in [0.1, 0.15) is 0 Å². The number of hydrogen-bond acceptors (Lipinski definition) is 0. The lowest BCUT2D eigenvalue weighted by molar-refractivity contribution is 1.02. The first kappa shape index (κ1) is 28.4. The van der Waals surface area contributed by atoms with E-state index in [9.17, 15) is 0 Å². The van der Waals surface area contributed by atoms with E-state index in [2.05, 4.69) is 187 Å². The van der Waals surface area contributed by atoms with Crippen molar-refractivity contribution in [3.63, 3.8) is 0 Å². The van der Waals surface area contributed by atoms with Crippen molar-refractivity contribution >= 4 is 21.8 Å². The average molecular weight is 648 g/mol. The van der Waals surface area contributed by atoms with Crippen LogP contribution >= 0.6 is 0 Å². The standard InChI is InChI=1S/C50H33N/c1-2-11-33(12-3-1)50-45-17-7-6-15-41(45)42-27-23-34(29-47(42)50)35-24-28-44-43-16-8-9-20-48(43)51(49(44)31-35)37-25-21-32(22-26-37)38-18-10-19-40-39-14-5-4-13-36(39)30-46(38)40/h1-29,31,50H,30H2. The Morgan fingerprint density at radius 3 is 1.94 bits per heavy atom. The van der Waals surface area contributed by atoms with Gasteiger partial charge in [-0.15, -0.1) is 0 Å². The van der Waals surface area contributed by atoms with Crippen molar-refractivity contribution in [2.75, 3.05) is 0 Å². The molecule has 1 nitrogen and oxygen atoms in total. The predicted octanol–water partition coefficient (Wildman–Crippen LogP) is 12.8. The lowest BCUT2D eigenvalue weighted by Crippen LogP contribution is -1.99. The second-order valence-electron chi connectivity index (χ2n) is 14.0. The summed E-state index contributed by atoms with van der Waals surface area (Å²) in [5.41, 5.74) is 21.1. The van der Waals surface area contributed by atoms with Gasteiger partial charge in [-0.05, 0) is 109 Å². The van der Waals surface area contributed by atoms with Gasteiger partial charge >= 0.3 is 0 Å². The van der Waals surface area contributed by atoms with Gasteiger partial charge in [-0.3, -0.25) is 0 Å². The Kier molecular flexibility index (Phi) is 6.15. The summed E-state index contributed by atoms with van der Waals surface area (Å²) < 4.78 is 2.44. The first-order chi connectivity index (χ1) is 25.3. The van der Waals surface area contributed by atoms with Gasteiger partial charge in [0.05, 0.1) is 11.0 Å². The normalized spacial score (nSPS) is 14.0. The molecule has 1 atom stereocenters. The summed E-state index contributed by atoms with van der Waals surface area (Å²) >= 11 is 0. The lowest BCUT2D eigenvalue weighted by atomic mass is 9.88. The molecule has 0 aliphatic heterocycles. The third-order valence-electron chi connectivity index (χ3n) is 11.4. The third-order valence-corrected chi connectivity index (χ3v) is 11.4. The highest BCUT2D eigenvalue weighted by molar-refractivity contribution is 6.10. The van der Waals surface area contributed by atoms with Gasteiger partial charge in [0.25, 0.3) is 0 Å². The van der Waals surface area contributed by atoms with Crippen LogP contribution in [-0.4, -0.2) is 4.57 Å². The minimum Gasteiger partial charge on any atom is -0.309 e. The Bertz CT molecular complexity index is 2820. The van der Waals surface area contributed by atoms with Crippen molar-refractivity contribution in [2.24, 2.45) is 0 Å². The first-order valence-corrected chi connectivity index (χ1v) is 17.9. The summed E-state index contributed by atoms with van der Waals surface area (Å²) in [4.78, 5) is 0. The maximum atomic E-state index is 2.44. The zero-order valence-electron chi connectivity index (χ0n) is 28.1. The Hall–Kier alpha value is -6.44. The zero-order chi connectivity index (χ0) is 33.5. The second kappa shape index (κ2) is 11.0. The maximum absolute atomic E-state index is 2.44. The molecule has 0 spiro atoms. The number of fused-ring (bicyclic) bond motifs is 9. The molecule has 9 aromatic rings. The SMILES string of the molecule is c1ccc(C2c3ccccc3-c3ccc(-c4ccc5c6ccccc6n(-c6ccc(-c7cccc8c7Cc7ccccc7-8)cc6)c5c4)cc32)cc1. The van der Waals surface area contributed by atoms with Gasteiger partial charge in [-0.2, -0.15) is 0 Å². The molecule has 11 rings (SSSR count). The van der Waals surface area contributed by atoms with Crippen LogP contribution in [0.15, 0.2) is 182 Å². The van der Waals surface area contributed by atoms with E-state index in [1.165, 1.54) is 99.8 Å². The summed E-state index contributed by atoms with van der Waals surface area (Å²) in [6.07, 6.45) is 0.986. The largest absolute Gasteiger partial charge is 0.309 e. The van der Waals surface area contributed by atoms with Crippen LogP contribution in [0.3, 0.4) is 0 Å². The summed E-state index contributed by atoms with van der Waals surface area (Å²) in [6, 6.07) is 67.6. The molecule has 8 aromatic carbocycles. The zero-order valence-corrected chi connectivity index (χ0v) is 28.1. The van der Waals surface area contributed by atoms with Crippen molar-refractivity contribution in [3.05, 3.63) is 210 Å². The Morgan fingerprint density at radius 1 is 0.392 bits per heavy atom. The van der Waals surface area contributed by atoms with Crippen LogP contribution in [0, 0.1) is 0 Å². The first-order valence-electron chi connectivity index (χ1n) is 17.9. The summed E-state index contributed by atoms with van der Waals surface area (Å²) in [7, 11) is 0. The van der Waals surface area contributed by atoms with E-state index >= 15 is 0 Å². The number of aromatic nitrogens is 1. The highest BCUT2D eigenvalue weighted by Gasteiger charge is 2.30. The summed E-state index contributed by atoms with van der Waals surface area (Å²) in [5, 5.41) is 2.54. The minimum atomic E-state index is 0.228. The van der Waals surface area contributed by atoms with E-state index in [-0.39, 0.29) is 5.92 Å². The third kappa shape index (κ3) is 4.28. The van der Waals surface area contributed by atoms with E-state index in [1.807, 2.05) is 0 Å². The van der Waals surface area contributed by atoms with Gasteiger partial charge in [0.2, 0.25) is 0 Å². The summed E-state index contributed by atoms with van der Waals surface area (Å²) in [5.74, 6) is 0.228. The van der Waals surface area contributed by atoms with Gasteiger partial charge < -0.3 is 4.57 Å². The fraction of sp³-hybridized carbons (Fsp3) is 0.0400. The van der Waals surface area contributed by atoms with Crippen LogP contribution < -0.4 is 0 Å². The number of para-hydroxylation sites is 1. The topological polar surface area (TPSA) is 4.93 Å². The van der Waals surface area contributed by atoms with Gasteiger partial charge in [-0.1, -0.05) is 152 Å². The molecule has 2 aliphatic carbocycles. The number of rotatable bonds is 4. The molecule has 238 valence electrons. The molecule has 0 bridgehead atoms. The maximum Gasteiger partial charge on any atom is 0.0547 e. The van der Waals surface area contributed by atoms with Crippen molar-refractivity contribution < 1.29 is 0 Å². The molecule has 0 N–H and O–H groups in total. The predicted molar refractivity (Wildman–Crippen MR) is 213 cm³/mol. The molecule has 2 aliphatic rings. The molecular weight excluding hydrogens is 615 g/mol. The van der Waals surface area contributed by atoms with E-state index in [0.29, 0.717) is 0 Å². The minimum absolute atomic E-state index is 0.228. The van der Waals surface area contributed by atoms with E-state index in [4.69, 9.17) is 0 Å². The fourth-order valence-electron chi connectivity index (χ4n) is 9.04. The van der Waals surface area contributed by atoms with Crippen LogP contribution in [0.2, 0.25) is 0 Å². The van der Waals surface area contributed by atoms with E-state index in [1.54, 1.807) is 0 Å². The Balaban J connectivity index is 1.03. The molecule has 0 radical (unpaired) electrons. The molecule has 1 aromatic heterocycles. The van der Waals surface area contributed by atoms with Crippen molar-refractivity contribution in [3.8, 4) is 50.2 Å². The van der Waals surface area contributed by atoms with Crippen LogP contribution in [0.5, 0.6) is 0 Å². The second-order valence-corrected chi connectivity index (χ2v) is 14.0. The van der Waals surface area contributed by atoms with Gasteiger partial charge in [0.15, 0.2) is 0 Å². The van der Waals surface area contributed by atoms with E-state index in [0.717, 1.165) is 6.42 Å². The van der Waals surface area contributed by atoms with Crippen LogP contribution in [0.1, 0.15) is 33.7 Å². The monoisotopic (exact) mass is 647 g/mol.